The van der Waals surface area contributed by atoms with E-state index in [-0.39, 0.29) is 0 Å². The summed E-state index contributed by atoms with van der Waals surface area (Å²) in [5.41, 5.74) is 1.44. The van der Waals surface area contributed by atoms with Crippen molar-refractivity contribution >= 4 is 34.7 Å². The maximum atomic E-state index is 4.67. The minimum atomic E-state index is 0.374. The van der Waals surface area contributed by atoms with Crippen LogP contribution in [-0.4, -0.2) is 29.8 Å². The highest BCUT2D eigenvalue weighted by atomic mass is 32.2. The highest BCUT2D eigenvalue weighted by Gasteiger charge is 2.26. The Morgan fingerprint density at radius 1 is 1.45 bits per heavy atom. The third-order valence-electron chi connectivity index (χ3n) is 3.70. The molecule has 20 heavy (non-hydrogen) atoms. The molecule has 2 aromatic heterocycles. The Balaban J connectivity index is 1.97. The first-order valence-electron chi connectivity index (χ1n) is 6.66. The second-order valence-electron chi connectivity index (χ2n) is 4.77. The van der Waals surface area contributed by atoms with Gasteiger partial charge in [-0.25, -0.2) is 9.97 Å². The van der Waals surface area contributed by atoms with E-state index >= 15 is 0 Å². The van der Waals surface area contributed by atoms with Crippen molar-refractivity contribution in [2.45, 2.75) is 24.5 Å². The molecule has 1 aliphatic heterocycles. The van der Waals surface area contributed by atoms with Crippen molar-refractivity contribution in [3.63, 3.8) is 0 Å². The molecule has 0 aromatic carbocycles. The first-order valence-corrected chi connectivity index (χ1v) is 8.77. The molecular weight excluding hydrogens is 288 g/mol. The van der Waals surface area contributed by atoms with E-state index in [2.05, 4.69) is 38.6 Å². The fourth-order valence-electron chi connectivity index (χ4n) is 2.60. The number of rotatable bonds is 3. The molecule has 1 N–H and O–H groups in total. The summed E-state index contributed by atoms with van der Waals surface area (Å²) >= 11 is 3.44. The molecule has 1 atom stereocenters. The largest absolute Gasteiger partial charge is 0.373 e. The van der Waals surface area contributed by atoms with Crippen molar-refractivity contribution in [3.05, 3.63) is 28.0 Å². The summed E-state index contributed by atoms with van der Waals surface area (Å²) in [4.78, 5) is 13.0. The van der Waals surface area contributed by atoms with Gasteiger partial charge in [-0.05, 0) is 36.6 Å². The first-order chi connectivity index (χ1) is 9.72. The molecular formula is C14H18N4S2. The predicted octanol–water partition coefficient (Wildman–Crippen LogP) is 3.43. The van der Waals surface area contributed by atoms with Crippen molar-refractivity contribution in [1.82, 2.24) is 9.97 Å². The van der Waals surface area contributed by atoms with Crippen molar-refractivity contribution in [2.75, 3.05) is 30.1 Å². The Morgan fingerprint density at radius 2 is 2.30 bits per heavy atom. The Hall–Kier alpha value is -1.27. The van der Waals surface area contributed by atoms with Gasteiger partial charge in [-0.3, -0.25) is 0 Å². The van der Waals surface area contributed by atoms with Crippen LogP contribution in [0.4, 0.5) is 11.6 Å². The van der Waals surface area contributed by atoms with Crippen molar-refractivity contribution in [3.8, 4) is 0 Å². The lowest BCUT2D eigenvalue weighted by atomic mass is 10.0. The van der Waals surface area contributed by atoms with Gasteiger partial charge in [-0.15, -0.1) is 11.3 Å². The number of fused-ring (bicyclic) bond motifs is 1. The third kappa shape index (κ3) is 2.38. The number of nitrogens with one attached hydrogen (secondary N) is 1. The average Bonchev–Trinajstić information content (AvgIpc) is 2.96. The molecule has 4 nitrogen and oxygen atoms in total. The molecule has 3 rings (SSSR count). The van der Waals surface area contributed by atoms with Crippen LogP contribution in [0.15, 0.2) is 22.7 Å². The molecule has 0 radical (unpaired) electrons. The zero-order valence-corrected chi connectivity index (χ0v) is 13.5. The fourth-order valence-corrected chi connectivity index (χ4v) is 3.94. The highest BCUT2D eigenvalue weighted by molar-refractivity contribution is 7.98. The maximum absolute atomic E-state index is 4.67. The molecule has 1 aliphatic rings. The Kier molecular flexibility index (Phi) is 3.85. The van der Waals surface area contributed by atoms with Crippen LogP contribution in [0.5, 0.6) is 0 Å². The fraction of sp³-hybridized carbons (Fsp3) is 0.429. The molecule has 106 valence electrons. The molecule has 0 bridgehead atoms. The van der Waals surface area contributed by atoms with Crippen molar-refractivity contribution in [1.29, 1.82) is 0 Å². The molecule has 1 unspecified atom stereocenters. The van der Waals surface area contributed by atoms with E-state index < -0.39 is 0 Å². The SMILES string of the molecule is CNc1cc(N2CCc3sccc3C2C)nc(SC)n1. The van der Waals surface area contributed by atoms with Gasteiger partial charge >= 0.3 is 0 Å². The third-order valence-corrected chi connectivity index (χ3v) is 5.25. The van der Waals surface area contributed by atoms with Crippen LogP contribution in [0.2, 0.25) is 0 Å². The van der Waals surface area contributed by atoms with Gasteiger partial charge in [0.05, 0.1) is 6.04 Å². The summed E-state index contributed by atoms with van der Waals surface area (Å²) in [6.45, 7) is 3.27. The molecule has 0 amide bonds. The van der Waals surface area contributed by atoms with Gasteiger partial charge in [0.25, 0.3) is 0 Å². The van der Waals surface area contributed by atoms with Crippen LogP contribution >= 0.6 is 23.1 Å². The number of hydrogen-bond donors (Lipinski definition) is 1. The van der Waals surface area contributed by atoms with Gasteiger partial charge in [-0.2, -0.15) is 0 Å². The van der Waals surface area contributed by atoms with Gasteiger partial charge in [0, 0.05) is 24.5 Å². The number of anilines is 2. The quantitative estimate of drug-likeness (QED) is 0.695. The summed E-state index contributed by atoms with van der Waals surface area (Å²) in [5.74, 6) is 1.89. The summed E-state index contributed by atoms with van der Waals surface area (Å²) in [6, 6.07) is 4.65. The van der Waals surface area contributed by atoms with E-state index in [1.54, 1.807) is 11.8 Å². The van der Waals surface area contributed by atoms with Crippen LogP contribution in [0.25, 0.3) is 0 Å². The molecule has 0 fully saturated rings. The normalized spacial score (nSPS) is 17.9. The molecule has 6 heteroatoms. The maximum Gasteiger partial charge on any atom is 0.191 e. The monoisotopic (exact) mass is 306 g/mol. The van der Waals surface area contributed by atoms with E-state index in [1.165, 1.54) is 10.4 Å². The van der Waals surface area contributed by atoms with E-state index in [0.29, 0.717) is 6.04 Å². The number of aromatic nitrogens is 2. The topological polar surface area (TPSA) is 41.0 Å². The zero-order valence-electron chi connectivity index (χ0n) is 11.9. The number of thiophene rings is 1. The lowest BCUT2D eigenvalue weighted by Crippen LogP contribution is -2.33. The summed E-state index contributed by atoms with van der Waals surface area (Å²) < 4.78 is 0. The number of nitrogens with zero attached hydrogens (tertiary/aromatic N) is 3. The van der Waals surface area contributed by atoms with Gasteiger partial charge in [0.2, 0.25) is 0 Å². The number of thioether (sulfide) groups is 1. The van der Waals surface area contributed by atoms with Crippen molar-refractivity contribution in [2.24, 2.45) is 0 Å². The summed E-state index contributed by atoms with van der Waals surface area (Å²) in [6.07, 6.45) is 3.11. The first kappa shape index (κ1) is 13.7. The minimum Gasteiger partial charge on any atom is -0.373 e. The van der Waals surface area contributed by atoms with Crippen LogP contribution in [-0.2, 0) is 6.42 Å². The van der Waals surface area contributed by atoms with Gasteiger partial charge in [0.15, 0.2) is 5.16 Å². The predicted molar refractivity (Wildman–Crippen MR) is 87.1 cm³/mol. The Bertz CT molecular complexity index is 589. The van der Waals surface area contributed by atoms with Crippen LogP contribution in [0, 0.1) is 0 Å². The van der Waals surface area contributed by atoms with E-state index in [9.17, 15) is 0 Å². The minimum absolute atomic E-state index is 0.374. The summed E-state index contributed by atoms with van der Waals surface area (Å²) in [5, 5.41) is 6.13. The second-order valence-corrected chi connectivity index (χ2v) is 6.54. The molecule has 0 aliphatic carbocycles. The zero-order chi connectivity index (χ0) is 14.1. The average molecular weight is 306 g/mol. The van der Waals surface area contributed by atoms with Gasteiger partial charge in [-0.1, -0.05) is 11.8 Å². The molecule has 0 saturated carbocycles. The lowest BCUT2D eigenvalue weighted by molar-refractivity contribution is 0.620. The Morgan fingerprint density at radius 3 is 3.05 bits per heavy atom. The van der Waals surface area contributed by atoms with Crippen LogP contribution in [0.1, 0.15) is 23.4 Å². The standard InChI is InChI=1S/C14H18N4S2/c1-9-10-5-7-20-11(10)4-6-18(9)13-8-12(15-2)16-14(17-13)19-3/h5,7-9H,4,6H2,1-3H3,(H,15,16,17). The molecule has 0 spiro atoms. The molecule has 3 heterocycles. The highest BCUT2D eigenvalue weighted by Crippen LogP contribution is 2.36. The second kappa shape index (κ2) is 5.61. The van der Waals surface area contributed by atoms with Crippen molar-refractivity contribution < 1.29 is 0 Å². The van der Waals surface area contributed by atoms with Gasteiger partial charge < -0.3 is 10.2 Å². The van der Waals surface area contributed by atoms with E-state index in [4.69, 9.17) is 0 Å². The van der Waals surface area contributed by atoms with E-state index in [0.717, 1.165) is 29.8 Å². The van der Waals surface area contributed by atoms with E-state index in [1.807, 2.05) is 30.7 Å². The summed E-state index contributed by atoms with van der Waals surface area (Å²) in [7, 11) is 1.90. The molecule has 2 aromatic rings. The van der Waals surface area contributed by atoms with Gasteiger partial charge in [0.1, 0.15) is 11.6 Å². The van der Waals surface area contributed by atoms with Crippen LogP contribution in [0.3, 0.4) is 0 Å². The molecule has 0 saturated heterocycles. The Labute approximate surface area is 127 Å². The van der Waals surface area contributed by atoms with Crippen LogP contribution < -0.4 is 10.2 Å². The lowest BCUT2D eigenvalue weighted by Gasteiger charge is -2.34. The smallest absolute Gasteiger partial charge is 0.191 e. The number of hydrogen-bond acceptors (Lipinski definition) is 6.